The van der Waals surface area contributed by atoms with Gasteiger partial charge in [-0.25, -0.2) is 0 Å². The van der Waals surface area contributed by atoms with Crippen molar-refractivity contribution >= 4 is 28.8 Å². The van der Waals surface area contributed by atoms with Crippen molar-refractivity contribution in [2.45, 2.75) is 19.4 Å². The van der Waals surface area contributed by atoms with E-state index >= 15 is 0 Å². The van der Waals surface area contributed by atoms with Crippen LogP contribution in [0.15, 0.2) is 47.7 Å². The molecule has 10 nitrogen and oxygen atoms in total. The number of anilines is 2. The molecule has 0 aromatic heterocycles. The Morgan fingerprint density at radius 1 is 1.18 bits per heavy atom. The van der Waals surface area contributed by atoms with Gasteiger partial charge in [-0.05, 0) is 30.5 Å². The number of nitro benzene ring substituents is 1. The minimum Gasteiger partial charge on any atom is -0.468 e. The van der Waals surface area contributed by atoms with Crippen LogP contribution in [0.5, 0.6) is 11.5 Å². The lowest BCUT2D eigenvalue weighted by Crippen LogP contribution is -2.39. The summed E-state index contributed by atoms with van der Waals surface area (Å²) in [6.45, 7) is 1.76. The van der Waals surface area contributed by atoms with Gasteiger partial charge in [-0.1, -0.05) is 19.1 Å². The van der Waals surface area contributed by atoms with E-state index < -0.39 is 28.6 Å². The first-order chi connectivity index (χ1) is 15.9. The average Bonchev–Trinajstić information content (AvgIpc) is 3.18. The standard InChI is InChI=1S/C23H21N3O7/c1-11-7-15-20(22(27)19(11)23(28)31-2)21(25-14-6-4-3-5-13(14)24-15)12-8-17-18(33-10-32-17)9-16(12)26(29)30/h3-6,8-9,11,19,21,24-25H,7,10H2,1-2H3/t11-,19-,21-/m1/s1. The van der Waals surface area contributed by atoms with Gasteiger partial charge < -0.3 is 24.8 Å². The van der Waals surface area contributed by atoms with E-state index in [0.717, 1.165) is 5.69 Å². The van der Waals surface area contributed by atoms with Gasteiger partial charge in [-0.3, -0.25) is 19.7 Å². The maximum atomic E-state index is 13.7. The van der Waals surface area contributed by atoms with Crippen molar-refractivity contribution < 1.29 is 28.7 Å². The van der Waals surface area contributed by atoms with Crippen LogP contribution in [-0.2, 0) is 14.3 Å². The number of carbonyl (C=O) groups is 2. The number of hydrogen-bond acceptors (Lipinski definition) is 9. The second kappa shape index (κ2) is 7.80. The predicted octanol–water partition coefficient (Wildman–Crippen LogP) is 3.55. The zero-order valence-corrected chi connectivity index (χ0v) is 17.9. The van der Waals surface area contributed by atoms with Crippen LogP contribution in [0.25, 0.3) is 0 Å². The zero-order valence-electron chi connectivity index (χ0n) is 17.9. The summed E-state index contributed by atoms with van der Waals surface area (Å²) in [5, 5.41) is 18.6. The van der Waals surface area contributed by atoms with Gasteiger partial charge in [0.15, 0.2) is 17.3 Å². The van der Waals surface area contributed by atoms with E-state index in [1.54, 1.807) is 0 Å². The van der Waals surface area contributed by atoms with E-state index in [4.69, 9.17) is 14.2 Å². The Kier molecular flexibility index (Phi) is 4.92. The van der Waals surface area contributed by atoms with Crippen LogP contribution in [0, 0.1) is 22.0 Å². The minimum atomic E-state index is -1.01. The van der Waals surface area contributed by atoms with Crippen LogP contribution in [0.4, 0.5) is 17.1 Å². The number of hydrogen-bond donors (Lipinski definition) is 2. The third-order valence-electron chi connectivity index (χ3n) is 6.25. The summed E-state index contributed by atoms with van der Waals surface area (Å²) in [6, 6.07) is 9.27. The fourth-order valence-corrected chi connectivity index (χ4v) is 4.70. The number of rotatable bonds is 3. The van der Waals surface area contributed by atoms with E-state index in [0.29, 0.717) is 23.6 Å². The number of esters is 1. The van der Waals surface area contributed by atoms with Crippen LogP contribution < -0.4 is 20.1 Å². The molecule has 2 aromatic rings. The van der Waals surface area contributed by atoms with Crippen LogP contribution in [-0.4, -0.2) is 30.6 Å². The largest absolute Gasteiger partial charge is 0.468 e. The van der Waals surface area contributed by atoms with Crippen LogP contribution >= 0.6 is 0 Å². The quantitative estimate of drug-likeness (QED) is 0.311. The number of benzene rings is 2. The van der Waals surface area contributed by atoms with Crippen molar-refractivity contribution in [2.24, 2.45) is 11.8 Å². The van der Waals surface area contributed by atoms with Crippen LogP contribution in [0.1, 0.15) is 24.9 Å². The number of nitrogens with zero attached hydrogens (tertiary/aromatic N) is 1. The molecule has 2 aromatic carbocycles. The molecule has 0 bridgehead atoms. The summed E-state index contributed by atoms with van der Waals surface area (Å²) in [5.41, 5.74) is 2.29. The summed E-state index contributed by atoms with van der Waals surface area (Å²) in [4.78, 5) is 37.7. The Labute approximate surface area is 188 Å². The Balaban J connectivity index is 1.73. The molecule has 33 heavy (non-hydrogen) atoms. The van der Waals surface area contributed by atoms with Gasteiger partial charge >= 0.3 is 5.97 Å². The second-order valence-corrected chi connectivity index (χ2v) is 8.21. The molecular formula is C23H21N3O7. The Bertz CT molecular complexity index is 1220. The molecule has 3 aliphatic rings. The molecule has 0 unspecified atom stereocenters. The molecule has 10 heteroatoms. The van der Waals surface area contributed by atoms with E-state index in [9.17, 15) is 19.7 Å². The van der Waals surface area contributed by atoms with E-state index in [-0.39, 0.29) is 35.3 Å². The van der Waals surface area contributed by atoms with Gasteiger partial charge in [-0.15, -0.1) is 0 Å². The lowest BCUT2D eigenvalue weighted by atomic mass is 9.74. The Hall–Kier alpha value is -4.08. The van der Waals surface area contributed by atoms with Gasteiger partial charge in [0.1, 0.15) is 5.92 Å². The number of nitro groups is 1. The number of para-hydroxylation sites is 2. The molecule has 0 saturated heterocycles. The number of ether oxygens (including phenoxy) is 3. The molecular weight excluding hydrogens is 430 g/mol. The molecule has 5 rings (SSSR count). The normalized spacial score (nSPS) is 23.0. The van der Waals surface area contributed by atoms with Crippen molar-refractivity contribution in [3.8, 4) is 11.5 Å². The van der Waals surface area contributed by atoms with Crippen molar-refractivity contribution in [2.75, 3.05) is 24.5 Å². The molecule has 0 amide bonds. The molecule has 3 atom stereocenters. The predicted molar refractivity (Wildman–Crippen MR) is 117 cm³/mol. The van der Waals surface area contributed by atoms with Gasteiger partial charge in [-0.2, -0.15) is 0 Å². The van der Waals surface area contributed by atoms with E-state index in [2.05, 4.69) is 10.6 Å². The summed E-state index contributed by atoms with van der Waals surface area (Å²) >= 11 is 0. The fraction of sp³-hybridized carbons (Fsp3) is 0.304. The molecule has 2 aliphatic heterocycles. The third kappa shape index (κ3) is 3.34. The topological polar surface area (TPSA) is 129 Å². The molecule has 0 spiro atoms. The van der Waals surface area contributed by atoms with Crippen molar-refractivity contribution in [1.82, 2.24) is 0 Å². The number of carbonyl (C=O) groups excluding carboxylic acids is 2. The molecule has 2 heterocycles. The highest BCUT2D eigenvalue weighted by molar-refractivity contribution is 6.11. The maximum absolute atomic E-state index is 13.7. The number of fused-ring (bicyclic) bond motifs is 2. The van der Waals surface area contributed by atoms with Gasteiger partial charge in [0, 0.05) is 11.3 Å². The first kappa shape index (κ1) is 20.8. The van der Waals surface area contributed by atoms with E-state index in [1.165, 1.54) is 19.2 Å². The number of methoxy groups -OCH3 is 1. The van der Waals surface area contributed by atoms with Gasteiger partial charge in [0.2, 0.25) is 6.79 Å². The van der Waals surface area contributed by atoms with Crippen molar-refractivity contribution in [3.05, 3.63) is 63.3 Å². The number of Topliss-reactive ketones (excluding diaryl/α,β-unsaturated/α-hetero) is 1. The third-order valence-corrected chi connectivity index (χ3v) is 6.25. The number of nitrogens with one attached hydrogen (secondary N) is 2. The highest BCUT2D eigenvalue weighted by Crippen LogP contribution is 2.48. The summed E-state index contributed by atoms with van der Waals surface area (Å²) in [6.07, 6.45) is 0.395. The lowest BCUT2D eigenvalue weighted by molar-refractivity contribution is -0.385. The summed E-state index contributed by atoms with van der Waals surface area (Å²) in [7, 11) is 1.24. The van der Waals surface area contributed by atoms with Gasteiger partial charge in [0.25, 0.3) is 5.69 Å². The van der Waals surface area contributed by atoms with Crippen LogP contribution in [0.3, 0.4) is 0 Å². The number of allylic oxidation sites excluding steroid dienone is 1. The molecule has 0 fully saturated rings. The first-order valence-corrected chi connectivity index (χ1v) is 10.4. The summed E-state index contributed by atoms with van der Waals surface area (Å²) in [5.74, 6) is -1.75. The molecule has 0 radical (unpaired) electrons. The summed E-state index contributed by atoms with van der Waals surface area (Å²) < 4.78 is 15.7. The van der Waals surface area contributed by atoms with Crippen molar-refractivity contribution in [1.29, 1.82) is 0 Å². The van der Waals surface area contributed by atoms with Crippen LogP contribution in [0.2, 0.25) is 0 Å². The average molecular weight is 451 g/mol. The van der Waals surface area contributed by atoms with Gasteiger partial charge in [0.05, 0.1) is 41.1 Å². The smallest absolute Gasteiger partial charge is 0.316 e. The minimum absolute atomic E-state index is 0.0484. The number of ketones is 1. The Morgan fingerprint density at radius 3 is 2.58 bits per heavy atom. The lowest BCUT2D eigenvalue weighted by Gasteiger charge is -2.32. The fourth-order valence-electron chi connectivity index (χ4n) is 4.70. The Morgan fingerprint density at radius 2 is 1.88 bits per heavy atom. The zero-order chi connectivity index (χ0) is 23.3. The highest BCUT2D eigenvalue weighted by Gasteiger charge is 2.45. The molecule has 170 valence electrons. The van der Waals surface area contributed by atoms with E-state index in [1.807, 2.05) is 31.2 Å². The first-order valence-electron chi connectivity index (χ1n) is 10.4. The highest BCUT2D eigenvalue weighted by atomic mass is 16.7. The molecule has 2 N–H and O–H groups in total. The maximum Gasteiger partial charge on any atom is 0.316 e. The van der Waals surface area contributed by atoms with Crippen molar-refractivity contribution in [3.63, 3.8) is 0 Å². The second-order valence-electron chi connectivity index (χ2n) is 8.21. The molecule has 1 aliphatic carbocycles. The SMILES string of the molecule is COC(=O)[C@H]1C(=O)C2=C(C[C@H]1C)Nc1ccccc1N[C@@H]2c1cc2c(cc1[N+](=O)[O-])OCO2. The monoisotopic (exact) mass is 451 g/mol. The molecule has 0 saturated carbocycles.